The van der Waals surface area contributed by atoms with Crippen LogP contribution in [-0.2, 0) is 4.79 Å². The van der Waals surface area contributed by atoms with Crippen molar-refractivity contribution in [3.63, 3.8) is 0 Å². The lowest BCUT2D eigenvalue weighted by Crippen LogP contribution is -2.35. The molecule has 3 nitrogen and oxygen atoms in total. The van der Waals surface area contributed by atoms with E-state index in [2.05, 4.69) is 12.2 Å². The van der Waals surface area contributed by atoms with E-state index in [1.165, 1.54) is 12.8 Å². The molecule has 2 atom stereocenters. The maximum absolute atomic E-state index is 12.1. The molecule has 0 aliphatic heterocycles. The molecule has 15 heavy (non-hydrogen) atoms. The predicted octanol–water partition coefficient (Wildman–Crippen LogP) is 1.49. The molecular weight excluding hydrogens is 188 g/mol. The zero-order valence-corrected chi connectivity index (χ0v) is 10.3. The van der Waals surface area contributed by atoms with Crippen molar-refractivity contribution in [2.75, 3.05) is 27.2 Å². The van der Waals surface area contributed by atoms with Gasteiger partial charge in [-0.2, -0.15) is 0 Å². The van der Waals surface area contributed by atoms with Gasteiger partial charge in [-0.1, -0.05) is 13.3 Å². The monoisotopic (exact) mass is 212 g/mol. The van der Waals surface area contributed by atoms with E-state index in [-0.39, 0.29) is 0 Å². The molecule has 1 N–H and O–H groups in total. The third kappa shape index (κ3) is 3.49. The van der Waals surface area contributed by atoms with Crippen LogP contribution in [0.5, 0.6) is 0 Å². The quantitative estimate of drug-likeness (QED) is 0.700. The summed E-state index contributed by atoms with van der Waals surface area (Å²) in [6, 6.07) is 0. The van der Waals surface area contributed by atoms with Gasteiger partial charge in [-0.3, -0.25) is 4.79 Å². The van der Waals surface area contributed by atoms with Gasteiger partial charge in [0.2, 0.25) is 5.91 Å². The van der Waals surface area contributed by atoms with Gasteiger partial charge in [-0.15, -0.1) is 0 Å². The van der Waals surface area contributed by atoms with Gasteiger partial charge in [0.25, 0.3) is 0 Å². The van der Waals surface area contributed by atoms with Crippen LogP contribution in [0.4, 0.5) is 0 Å². The molecule has 1 fully saturated rings. The minimum Gasteiger partial charge on any atom is -0.345 e. The van der Waals surface area contributed by atoms with E-state index < -0.39 is 0 Å². The number of rotatable bonds is 5. The highest BCUT2D eigenvalue weighted by molar-refractivity contribution is 5.79. The second kappa shape index (κ2) is 6.11. The third-order valence-electron chi connectivity index (χ3n) is 3.48. The highest BCUT2D eigenvalue weighted by Crippen LogP contribution is 2.32. The van der Waals surface area contributed by atoms with Gasteiger partial charge in [0.1, 0.15) is 0 Å². The van der Waals surface area contributed by atoms with Crippen LogP contribution < -0.4 is 5.32 Å². The fraction of sp³-hybridized carbons (Fsp3) is 0.917. The molecule has 3 heteroatoms. The first kappa shape index (κ1) is 12.5. The Hall–Kier alpha value is -0.570. The summed E-state index contributed by atoms with van der Waals surface area (Å²) < 4.78 is 0. The van der Waals surface area contributed by atoms with Crippen LogP contribution >= 0.6 is 0 Å². The Morgan fingerprint density at radius 2 is 2.20 bits per heavy atom. The maximum Gasteiger partial charge on any atom is 0.225 e. The van der Waals surface area contributed by atoms with Crippen molar-refractivity contribution >= 4 is 5.91 Å². The van der Waals surface area contributed by atoms with Crippen LogP contribution in [0.25, 0.3) is 0 Å². The normalized spacial score (nSPS) is 25.5. The zero-order valence-electron chi connectivity index (χ0n) is 10.3. The number of hydrogen-bond donors (Lipinski definition) is 1. The van der Waals surface area contributed by atoms with Crippen molar-refractivity contribution in [1.82, 2.24) is 10.2 Å². The van der Waals surface area contributed by atoms with Crippen molar-refractivity contribution in [2.45, 2.75) is 32.6 Å². The second-order valence-corrected chi connectivity index (χ2v) is 4.73. The number of carbonyl (C=O) groups is 1. The van der Waals surface area contributed by atoms with E-state index in [0.717, 1.165) is 25.9 Å². The molecule has 2 unspecified atom stereocenters. The lowest BCUT2D eigenvalue weighted by Gasteiger charge is -2.23. The van der Waals surface area contributed by atoms with Crippen LogP contribution in [-0.4, -0.2) is 38.0 Å². The summed E-state index contributed by atoms with van der Waals surface area (Å²) in [5.41, 5.74) is 0. The number of carbonyl (C=O) groups excluding carboxylic acids is 1. The third-order valence-corrected chi connectivity index (χ3v) is 3.48. The summed E-state index contributed by atoms with van der Waals surface area (Å²) >= 11 is 0. The summed E-state index contributed by atoms with van der Waals surface area (Å²) in [4.78, 5) is 14.0. The molecule has 1 aliphatic rings. The molecule has 88 valence electrons. The summed E-state index contributed by atoms with van der Waals surface area (Å²) in [6.07, 6.45) is 4.58. The predicted molar refractivity (Wildman–Crippen MR) is 62.7 cm³/mol. The Morgan fingerprint density at radius 3 is 2.73 bits per heavy atom. The molecule has 0 bridgehead atoms. The average molecular weight is 212 g/mol. The van der Waals surface area contributed by atoms with Gasteiger partial charge in [-0.05, 0) is 38.8 Å². The van der Waals surface area contributed by atoms with Crippen LogP contribution in [0.1, 0.15) is 32.6 Å². The fourth-order valence-electron chi connectivity index (χ4n) is 2.40. The molecular formula is C12H24N2O. The number of nitrogens with one attached hydrogen (secondary N) is 1. The fourth-order valence-corrected chi connectivity index (χ4v) is 2.40. The average Bonchev–Trinajstić information content (AvgIpc) is 2.63. The standard InChI is InChI=1S/C12H24N2O/c1-10-6-4-7-11(10)12(15)14(3)9-5-8-13-2/h10-11,13H,4-9H2,1-3H3. The topological polar surface area (TPSA) is 32.3 Å². The largest absolute Gasteiger partial charge is 0.345 e. The Bertz CT molecular complexity index is 206. The molecule has 1 amide bonds. The van der Waals surface area contributed by atoms with Crippen molar-refractivity contribution in [1.29, 1.82) is 0 Å². The van der Waals surface area contributed by atoms with E-state index in [9.17, 15) is 4.79 Å². The molecule has 0 spiro atoms. The van der Waals surface area contributed by atoms with Gasteiger partial charge in [0.15, 0.2) is 0 Å². The lowest BCUT2D eigenvalue weighted by molar-refractivity contribution is -0.135. The van der Waals surface area contributed by atoms with E-state index in [1.54, 1.807) is 0 Å². The molecule has 1 rings (SSSR count). The highest BCUT2D eigenvalue weighted by atomic mass is 16.2. The molecule has 0 aromatic heterocycles. The van der Waals surface area contributed by atoms with Gasteiger partial charge in [0, 0.05) is 19.5 Å². The van der Waals surface area contributed by atoms with Crippen molar-refractivity contribution in [2.24, 2.45) is 11.8 Å². The molecule has 1 aliphatic carbocycles. The van der Waals surface area contributed by atoms with Gasteiger partial charge >= 0.3 is 0 Å². The highest BCUT2D eigenvalue weighted by Gasteiger charge is 2.31. The van der Waals surface area contributed by atoms with Crippen LogP contribution in [0.15, 0.2) is 0 Å². The Morgan fingerprint density at radius 1 is 1.47 bits per heavy atom. The molecule has 0 aromatic rings. The summed E-state index contributed by atoms with van der Waals surface area (Å²) in [5.74, 6) is 1.24. The minimum atomic E-state index is 0.296. The van der Waals surface area contributed by atoms with Crippen LogP contribution in [0.2, 0.25) is 0 Å². The first-order chi connectivity index (χ1) is 7.16. The molecule has 0 aromatic carbocycles. The van der Waals surface area contributed by atoms with E-state index in [1.807, 2.05) is 19.0 Å². The molecule has 1 saturated carbocycles. The number of amides is 1. The van der Waals surface area contributed by atoms with Gasteiger partial charge in [0.05, 0.1) is 0 Å². The van der Waals surface area contributed by atoms with E-state index in [4.69, 9.17) is 0 Å². The molecule has 0 heterocycles. The SMILES string of the molecule is CNCCCN(C)C(=O)C1CCCC1C. The summed E-state index contributed by atoms with van der Waals surface area (Å²) in [6.45, 7) is 4.07. The van der Waals surface area contributed by atoms with Gasteiger partial charge in [-0.25, -0.2) is 0 Å². The second-order valence-electron chi connectivity index (χ2n) is 4.73. The Kier molecular flexibility index (Phi) is 5.09. The van der Waals surface area contributed by atoms with Crippen LogP contribution in [0, 0.1) is 11.8 Å². The number of hydrogen-bond acceptors (Lipinski definition) is 2. The van der Waals surface area contributed by atoms with Crippen molar-refractivity contribution in [3.8, 4) is 0 Å². The van der Waals surface area contributed by atoms with Crippen molar-refractivity contribution < 1.29 is 4.79 Å². The minimum absolute atomic E-state index is 0.296. The summed E-state index contributed by atoms with van der Waals surface area (Å²) in [7, 11) is 3.88. The van der Waals surface area contributed by atoms with Crippen LogP contribution in [0.3, 0.4) is 0 Å². The Labute approximate surface area is 93.2 Å². The van der Waals surface area contributed by atoms with Crippen molar-refractivity contribution in [3.05, 3.63) is 0 Å². The zero-order chi connectivity index (χ0) is 11.3. The smallest absolute Gasteiger partial charge is 0.225 e. The first-order valence-corrected chi connectivity index (χ1v) is 6.06. The maximum atomic E-state index is 12.1. The first-order valence-electron chi connectivity index (χ1n) is 6.06. The lowest BCUT2D eigenvalue weighted by atomic mass is 9.97. The molecule has 0 saturated heterocycles. The molecule has 0 radical (unpaired) electrons. The number of nitrogens with zero attached hydrogens (tertiary/aromatic N) is 1. The van der Waals surface area contributed by atoms with E-state index in [0.29, 0.717) is 17.7 Å². The Balaban J connectivity index is 2.31. The van der Waals surface area contributed by atoms with E-state index >= 15 is 0 Å². The summed E-state index contributed by atoms with van der Waals surface area (Å²) in [5, 5.41) is 3.10. The van der Waals surface area contributed by atoms with Gasteiger partial charge < -0.3 is 10.2 Å².